The third kappa shape index (κ3) is 4.94. The summed E-state index contributed by atoms with van der Waals surface area (Å²) in [6.07, 6.45) is 3.46. The SMILES string of the molecule is CCc1c(C(=O)CC2=CCOc3ccc(-c4ccc5nc(CO)[nH]c5c4)cc3CC2C)ccc(C)c1F. The third-order valence-corrected chi connectivity index (χ3v) is 7.27. The van der Waals surface area contributed by atoms with E-state index < -0.39 is 0 Å². The molecular formula is C31H31FN2O3. The molecule has 190 valence electrons. The Morgan fingerprint density at radius 3 is 2.73 bits per heavy atom. The monoisotopic (exact) mass is 498 g/mol. The summed E-state index contributed by atoms with van der Waals surface area (Å²) in [7, 11) is 0. The number of rotatable bonds is 6. The van der Waals surface area contributed by atoms with Gasteiger partial charge in [0.1, 0.15) is 30.6 Å². The van der Waals surface area contributed by atoms with Crippen LogP contribution in [0.3, 0.4) is 0 Å². The van der Waals surface area contributed by atoms with E-state index in [1.165, 1.54) is 0 Å². The molecule has 0 amide bonds. The van der Waals surface area contributed by atoms with E-state index in [1.54, 1.807) is 19.1 Å². The summed E-state index contributed by atoms with van der Waals surface area (Å²) >= 11 is 0. The summed E-state index contributed by atoms with van der Waals surface area (Å²) in [4.78, 5) is 20.8. The van der Waals surface area contributed by atoms with Gasteiger partial charge in [-0.1, -0.05) is 43.7 Å². The number of halogens is 1. The van der Waals surface area contributed by atoms with Crippen molar-refractivity contribution in [2.24, 2.45) is 5.92 Å². The Kier molecular flexibility index (Phi) is 6.94. The van der Waals surface area contributed by atoms with Gasteiger partial charge in [-0.15, -0.1) is 0 Å². The Bertz CT molecular complexity index is 1520. The van der Waals surface area contributed by atoms with Crippen LogP contribution in [0.1, 0.15) is 53.1 Å². The molecule has 1 aromatic heterocycles. The van der Waals surface area contributed by atoms with E-state index in [1.807, 2.05) is 43.3 Å². The predicted octanol–water partition coefficient (Wildman–Crippen LogP) is 6.50. The number of hydrogen-bond donors (Lipinski definition) is 2. The minimum absolute atomic E-state index is 0.0569. The maximum absolute atomic E-state index is 14.6. The molecule has 2 heterocycles. The van der Waals surface area contributed by atoms with Crippen LogP contribution in [0.15, 0.2) is 60.2 Å². The minimum atomic E-state index is -0.279. The van der Waals surface area contributed by atoms with Gasteiger partial charge in [0.2, 0.25) is 0 Å². The van der Waals surface area contributed by atoms with E-state index in [9.17, 15) is 14.3 Å². The van der Waals surface area contributed by atoms with Gasteiger partial charge in [0.25, 0.3) is 0 Å². The smallest absolute Gasteiger partial charge is 0.167 e. The number of allylic oxidation sites excluding steroid dienone is 1. The molecule has 0 aliphatic carbocycles. The predicted molar refractivity (Wildman–Crippen MR) is 143 cm³/mol. The van der Waals surface area contributed by atoms with Crippen molar-refractivity contribution in [3.05, 3.63) is 94.1 Å². The quantitative estimate of drug-likeness (QED) is 0.235. The number of nitrogens with one attached hydrogen (secondary N) is 1. The first-order chi connectivity index (χ1) is 17.9. The average Bonchev–Trinajstić information content (AvgIpc) is 3.32. The van der Waals surface area contributed by atoms with Crippen LogP contribution in [0.2, 0.25) is 0 Å². The standard InChI is InChI=1S/C31H31FN2O3/c1-4-24-25(8-5-18(2)31(24)32)28(36)16-20-11-12-37-29-10-7-21(14-23(29)13-19(20)3)22-6-9-26-27(15-22)34-30(17-35)33-26/h5-11,14-15,19,35H,4,12-13,16-17H2,1-3H3,(H,33,34). The summed E-state index contributed by atoms with van der Waals surface area (Å²) < 4.78 is 20.7. The molecule has 0 bridgehead atoms. The number of ether oxygens (including phenoxy) is 1. The Morgan fingerprint density at radius 2 is 1.95 bits per heavy atom. The molecular weight excluding hydrogens is 467 g/mol. The van der Waals surface area contributed by atoms with Crippen LogP contribution in [0, 0.1) is 18.7 Å². The van der Waals surface area contributed by atoms with Gasteiger partial charge in [-0.3, -0.25) is 4.79 Å². The number of Topliss-reactive ketones (excluding diaryl/α,β-unsaturated/α-hetero) is 1. The molecule has 3 aromatic carbocycles. The number of ketones is 1. The first-order valence-corrected chi connectivity index (χ1v) is 12.7. The Labute approximate surface area is 216 Å². The number of nitrogens with zero attached hydrogens (tertiary/aromatic N) is 1. The molecule has 1 aliphatic rings. The average molecular weight is 499 g/mol. The Morgan fingerprint density at radius 1 is 1.16 bits per heavy atom. The van der Waals surface area contributed by atoms with Crippen molar-refractivity contribution < 1.29 is 19.0 Å². The molecule has 1 aliphatic heterocycles. The van der Waals surface area contributed by atoms with Crippen molar-refractivity contribution in [1.82, 2.24) is 9.97 Å². The Hall–Kier alpha value is -3.77. The van der Waals surface area contributed by atoms with Crippen LogP contribution >= 0.6 is 0 Å². The van der Waals surface area contributed by atoms with Gasteiger partial charge in [-0.2, -0.15) is 0 Å². The van der Waals surface area contributed by atoms with Crippen LogP contribution in [-0.2, 0) is 19.4 Å². The number of hydrogen-bond acceptors (Lipinski definition) is 4. The van der Waals surface area contributed by atoms with Gasteiger partial charge in [0.15, 0.2) is 5.78 Å². The zero-order valence-electron chi connectivity index (χ0n) is 21.4. The first-order valence-electron chi connectivity index (χ1n) is 12.7. The third-order valence-electron chi connectivity index (χ3n) is 7.27. The number of aliphatic hydroxyl groups excluding tert-OH is 1. The molecule has 1 atom stereocenters. The summed E-state index contributed by atoms with van der Waals surface area (Å²) in [5.41, 5.74) is 7.42. The number of aliphatic hydroxyl groups is 1. The number of benzene rings is 3. The number of aromatic amines is 1. The van der Waals surface area contributed by atoms with Gasteiger partial charge in [0, 0.05) is 12.0 Å². The van der Waals surface area contributed by atoms with Crippen molar-refractivity contribution >= 4 is 16.8 Å². The van der Waals surface area contributed by atoms with E-state index in [4.69, 9.17) is 4.74 Å². The van der Waals surface area contributed by atoms with E-state index in [0.717, 1.165) is 45.5 Å². The van der Waals surface area contributed by atoms with Crippen LogP contribution in [0.5, 0.6) is 5.75 Å². The maximum Gasteiger partial charge on any atom is 0.167 e. The van der Waals surface area contributed by atoms with Crippen molar-refractivity contribution in [3.63, 3.8) is 0 Å². The largest absolute Gasteiger partial charge is 0.489 e. The van der Waals surface area contributed by atoms with Gasteiger partial charge < -0.3 is 14.8 Å². The van der Waals surface area contributed by atoms with E-state index >= 15 is 0 Å². The number of carbonyl (C=O) groups excluding carboxylic acids is 1. The summed E-state index contributed by atoms with van der Waals surface area (Å²) in [6.45, 7) is 5.99. The van der Waals surface area contributed by atoms with Crippen molar-refractivity contribution in [3.8, 4) is 16.9 Å². The number of fused-ring (bicyclic) bond motifs is 2. The van der Waals surface area contributed by atoms with Gasteiger partial charge in [-0.25, -0.2) is 9.37 Å². The number of imidazole rings is 1. The van der Waals surface area contributed by atoms with Crippen molar-refractivity contribution in [1.29, 1.82) is 0 Å². The first kappa shape index (κ1) is 24.9. The topological polar surface area (TPSA) is 75.2 Å². The number of aromatic nitrogens is 2. The highest BCUT2D eigenvalue weighted by atomic mass is 19.1. The fourth-order valence-corrected chi connectivity index (χ4v) is 5.15. The molecule has 37 heavy (non-hydrogen) atoms. The van der Waals surface area contributed by atoms with Crippen LogP contribution < -0.4 is 4.74 Å². The number of H-pyrrole nitrogens is 1. The lowest BCUT2D eigenvalue weighted by Gasteiger charge is -2.22. The van der Waals surface area contributed by atoms with E-state index in [2.05, 4.69) is 23.0 Å². The fourth-order valence-electron chi connectivity index (χ4n) is 5.15. The maximum atomic E-state index is 14.6. The highest BCUT2D eigenvalue weighted by molar-refractivity contribution is 5.99. The van der Waals surface area contributed by atoms with E-state index in [0.29, 0.717) is 35.5 Å². The lowest BCUT2D eigenvalue weighted by molar-refractivity contribution is 0.0988. The molecule has 0 radical (unpaired) electrons. The summed E-state index contributed by atoms with van der Waals surface area (Å²) in [5.74, 6) is 1.18. The van der Waals surface area contributed by atoms with Crippen LogP contribution in [0.25, 0.3) is 22.2 Å². The van der Waals surface area contributed by atoms with Crippen LogP contribution in [-0.4, -0.2) is 27.5 Å². The van der Waals surface area contributed by atoms with Crippen molar-refractivity contribution in [2.75, 3.05) is 6.61 Å². The second kappa shape index (κ2) is 10.3. The molecule has 0 saturated carbocycles. The minimum Gasteiger partial charge on any atom is -0.489 e. The van der Waals surface area contributed by atoms with E-state index in [-0.39, 0.29) is 30.5 Å². The molecule has 5 rings (SSSR count). The van der Waals surface area contributed by atoms with Gasteiger partial charge in [0.05, 0.1) is 11.0 Å². The van der Waals surface area contributed by atoms with Gasteiger partial charge >= 0.3 is 0 Å². The lowest BCUT2D eigenvalue weighted by Crippen LogP contribution is -2.15. The highest BCUT2D eigenvalue weighted by Crippen LogP contribution is 2.34. The second-order valence-electron chi connectivity index (χ2n) is 9.77. The molecule has 1 unspecified atom stereocenters. The summed E-state index contributed by atoms with van der Waals surface area (Å²) in [5, 5.41) is 9.37. The molecule has 5 nitrogen and oxygen atoms in total. The zero-order valence-corrected chi connectivity index (χ0v) is 21.4. The normalized spacial score (nSPS) is 15.5. The molecule has 0 spiro atoms. The molecule has 0 fully saturated rings. The highest BCUT2D eigenvalue weighted by Gasteiger charge is 2.22. The molecule has 6 heteroatoms. The molecule has 4 aromatic rings. The lowest BCUT2D eigenvalue weighted by atomic mass is 9.86. The number of aryl methyl sites for hydroxylation is 1. The zero-order chi connectivity index (χ0) is 26.1. The van der Waals surface area contributed by atoms with Crippen LogP contribution in [0.4, 0.5) is 4.39 Å². The number of carbonyl (C=O) groups is 1. The fraction of sp³-hybridized carbons (Fsp3) is 0.290. The molecule has 0 saturated heterocycles. The van der Waals surface area contributed by atoms with Crippen molar-refractivity contribution in [2.45, 2.75) is 46.6 Å². The second-order valence-corrected chi connectivity index (χ2v) is 9.77. The van der Waals surface area contributed by atoms with Gasteiger partial charge in [-0.05, 0) is 83.8 Å². The molecule has 2 N–H and O–H groups in total. The summed E-state index contributed by atoms with van der Waals surface area (Å²) in [6, 6.07) is 15.6. The Balaban J connectivity index is 1.38.